The molecule has 6 nitrogen and oxygen atoms in total. The first-order valence-corrected chi connectivity index (χ1v) is 6.99. The number of carbonyl (C=O) groups excluding carboxylic acids is 1. The maximum Gasteiger partial charge on any atom is 0.414 e. The van der Waals surface area contributed by atoms with E-state index in [0.29, 0.717) is 6.61 Å². The Hall–Kier alpha value is -2.41. The van der Waals surface area contributed by atoms with Crippen LogP contribution in [0.5, 0.6) is 0 Å². The number of anilines is 1. The molecular formula is C13H12N4O2S. The van der Waals surface area contributed by atoms with Gasteiger partial charge < -0.3 is 4.74 Å². The van der Waals surface area contributed by atoms with Gasteiger partial charge in [-0.3, -0.25) is 5.32 Å². The number of hydrogen-bond donors (Lipinski definition) is 1. The van der Waals surface area contributed by atoms with Gasteiger partial charge in [0.25, 0.3) is 5.95 Å². The molecule has 0 aliphatic rings. The van der Waals surface area contributed by atoms with Crippen LogP contribution in [0.1, 0.15) is 6.92 Å². The third-order valence-corrected chi connectivity index (χ3v) is 3.46. The van der Waals surface area contributed by atoms with Crippen LogP contribution < -0.4 is 5.32 Å². The van der Waals surface area contributed by atoms with Gasteiger partial charge in [0.2, 0.25) is 4.96 Å². The van der Waals surface area contributed by atoms with Crippen molar-refractivity contribution in [1.82, 2.24) is 14.6 Å². The van der Waals surface area contributed by atoms with Crippen molar-refractivity contribution in [3.8, 4) is 11.3 Å². The number of amides is 1. The Labute approximate surface area is 119 Å². The first-order valence-electron chi connectivity index (χ1n) is 6.11. The van der Waals surface area contributed by atoms with Crippen LogP contribution in [0.4, 0.5) is 10.7 Å². The van der Waals surface area contributed by atoms with Gasteiger partial charge in [-0.25, -0.2) is 9.31 Å². The predicted octanol–water partition coefficient (Wildman–Crippen LogP) is 3.03. The molecule has 0 bridgehead atoms. The number of benzene rings is 1. The Morgan fingerprint density at radius 3 is 2.95 bits per heavy atom. The molecule has 0 saturated carbocycles. The lowest BCUT2D eigenvalue weighted by atomic mass is 10.2. The fourth-order valence-corrected chi connectivity index (χ4v) is 2.63. The number of ether oxygens (including phenoxy) is 1. The van der Waals surface area contributed by atoms with E-state index in [9.17, 15) is 4.79 Å². The van der Waals surface area contributed by atoms with E-state index < -0.39 is 6.09 Å². The quantitative estimate of drug-likeness (QED) is 0.804. The smallest absolute Gasteiger partial charge is 0.414 e. The molecule has 3 rings (SSSR count). The molecule has 0 saturated heterocycles. The van der Waals surface area contributed by atoms with Gasteiger partial charge in [-0.1, -0.05) is 30.3 Å². The van der Waals surface area contributed by atoms with E-state index in [4.69, 9.17) is 4.74 Å². The second kappa shape index (κ2) is 5.30. The molecule has 1 N–H and O–H groups in total. The van der Waals surface area contributed by atoms with Gasteiger partial charge in [0.1, 0.15) is 0 Å². The summed E-state index contributed by atoms with van der Waals surface area (Å²) in [5.74, 6) is 0.243. The van der Waals surface area contributed by atoms with Crippen LogP contribution in [-0.2, 0) is 4.74 Å². The summed E-state index contributed by atoms with van der Waals surface area (Å²) in [5, 5.41) is 8.76. The normalized spacial score (nSPS) is 10.7. The van der Waals surface area contributed by atoms with Crippen molar-refractivity contribution in [1.29, 1.82) is 0 Å². The number of thiazole rings is 1. The van der Waals surface area contributed by atoms with E-state index >= 15 is 0 Å². The molecular weight excluding hydrogens is 276 g/mol. The number of carbonyl (C=O) groups is 1. The Bertz CT molecular complexity index is 735. The van der Waals surface area contributed by atoms with Crippen molar-refractivity contribution in [2.24, 2.45) is 0 Å². The molecule has 0 radical (unpaired) electrons. The summed E-state index contributed by atoms with van der Waals surface area (Å²) in [6.45, 7) is 2.05. The predicted molar refractivity (Wildman–Crippen MR) is 76.9 cm³/mol. The zero-order valence-electron chi connectivity index (χ0n) is 10.7. The number of rotatable bonds is 3. The molecule has 20 heavy (non-hydrogen) atoms. The van der Waals surface area contributed by atoms with E-state index in [-0.39, 0.29) is 5.95 Å². The van der Waals surface area contributed by atoms with Crippen molar-refractivity contribution in [3.63, 3.8) is 0 Å². The van der Waals surface area contributed by atoms with Gasteiger partial charge >= 0.3 is 6.09 Å². The minimum atomic E-state index is -0.549. The highest BCUT2D eigenvalue weighted by atomic mass is 32.1. The highest BCUT2D eigenvalue weighted by Crippen LogP contribution is 2.25. The van der Waals surface area contributed by atoms with Gasteiger partial charge in [-0.05, 0) is 6.92 Å². The molecule has 0 fully saturated rings. The zero-order chi connectivity index (χ0) is 13.9. The van der Waals surface area contributed by atoms with Crippen LogP contribution in [0.15, 0.2) is 35.7 Å². The SMILES string of the molecule is CCOC(=O)Nc1nc2scc(-c3ccccc3)n2n1. The Balaban J connectivity index is 1.93. The Kier molecular flexibility index (Phi) is 3.34. The van der Waals surface area contributed by atoms with Crippen molar-refractivity contribution >= 4 is 28.3 Å². The van der Waals surface area contributed by atoms with Gasteiger partial charge in [0.05, 0.1) is 12.3 Å². The molecule has 1 aromatic carbocycles. The summed E-state index contributed by atoms with van der Waals surface area (Å²) < 4.78 is 6.51. The third-order valence-electron chi connectivity index (χ3n) is 2.64. The van der Waals surface area contributed by atoms with Gasteiger partial charge in [-0.2, -0.15) is 4.98 Å². The molecule has 2 aromatic heterocycles. The highest BCUT2D eigenvalue weighted by Gasteiger charge is 2.13. The molecule has 7 heteroatoms. The summed E-state index contributed by atoms with van der Waals surface area (Å²) in [5.41, 5.74) is 1.99. The fraction of sp³-hybridized carbons (Fsp3) is 0.154. The first-order chi connectivity index (χ1) is 9.78. The van der Waals surface area contributed by atoms with Gasteiger partial charge in [0.15, 0.2) is 0 Å². The van der Waals surface area contributed by atoms with Crippen molar-refractivity contribution < 1.29 is 9.53 Å². The molecule has 2 heterocycles. The van der Waals surface area contributed by atoms with E-state index in [1.807, 2.05) is 35.7 Å². The molecule has 0 spiro atoms. The minimum Gasteiger partial charge on any atom is -0.450 e. The second-order valence-corrected chi connectivity index (χ2v) is 4.80. The summed E-state index contributed by atoms with van der Waals surface area (Å²) >= 11 is 1.47. The average Bonchev–Trinajstić information content (AvgIpc) is 2.99. The van der Waals surface area contributed by atoms with Gasteiger partial charge in [-0.15, -0.1) is 16.4 Å². The average molecular weight is 288 g/mol. The Morgan fingerprint density at radius 2 is 2.20 bits per heavy atom. The number of nitrogens with one attached hydrogen (secondary N) is 1. The van der Waals surface area contributed by atoms with Crippen LogP contribution in [-0.4, -0.2) is 27.3 Å². The molecule has 3 aromatic rings. The molecule has 0 aliphatic heterocycles. The van der Waals surface area contributed by atoms with E-state index in [2.05, 4.69) is 15.4 Å². The molecule has 0 aliphatic carbocycles. The first kappa shape index (κ1) is 12.6. The number of nitrogens with zero attached hydrogens (tertiary/aromatic N) is 3. The van der Waals surface area contributed by atoms with E-state index in [1.54, 1.807) is 11.4 Å². The summed E-state index contributed by atoms with van der Waals surface area (Å²) in [4.78, 5) is 16.3. The maximum atomic E-state index is 11.3. The highest BCUT2D eigenvalue weighted by molar-refractivity contribution is 7.15. The van der Waals surface area contributed by atoms with E-state index in [1.165, 1.54) is 11.3 Å². The molecule has 0 atom stereocenters. The maximum absolute atomic E-state index is 11.3. The number of aromatic nitrogens is 3. The van der Waals surface area contributed by atoms with E-state index in [0.717, 1.165) is 16.2 Å². The lowest BCUT2D eigenvalue weighted by Crippen LogP contribution is -2.14. The summed E-state index contributed by atoms with van der Waals surface area (Å²) in [6.07, 6.45) is -0.549. The fourth-order valence-electron chi connectivity index (χ4n) is 1.80. The lowest BCUT2D eigenvalue weighted by molar-refractivity contribution is 0.167. The van der Waals surface area contributed by atoms with Crippen LogP contribution in [0.3, 0.4) is 0 Å². The Morgan fingerprint density at radius 1 is 1.40 bits per heavy atom. The second-order valence-electron chi connectivity index (χ2n) is 3.96. The summed E-state index contributed by atoms with van der Waals surface area (Å²) in [6, 6.07) is 9.90. The van der Waals surface area contributed by atoms with Crippen molar-refractivity contribution in [2.75, 3.05) is 11.9 Å². The number of fused-ring (bicyclic) bond motifs is 1. The minimum absolute atomic E-state index is 0.243. The van der Waals surface area contributed by atoms with Crippen molar-refractivity contribution in [2.45, 2.75) is 6.92 Å². The number of hydrogen-bond acceptors (Lipinski definition) is 5. The van der Waals surface area contributed by atoms with Crippen LogP contribution in [0.2, 0.25) is 0 Å². The summed E-state index contributed by atoms with van der Waals surface area (Å²) in [7, 11) is 0. The lowest BCUT2D eigenvalue weighted by Gasteiger charge is -2.00. The van der Waals surface area contributed by atoms with Gasteiger partial charge in [0, 0.05) is 10.9 Å². The molecule has 0 unspecified atom stereocenters. The van der Waals surface area contributed by atoms with Crippen molar-refractivity contribution in [3.05, 3.63) is 35.7 Å². The molecule has 1 amide bonds. The van der Waals surface area contributed by atoms with Crippen LogP contribution in [0.25, 0.3) is 16.2 Å². The van der Waals surface area contributed by atoms with Crippen LogP contribution in [0, 0.1) is 0 Å². The molecule has 102 valence electrons. The standard InChI is InChI=1S/C13H12N4O2S/c1-2-19-13(18)15-11-14-12-17(16-11)10(8-20-12)9-6-4-3-5-7-9/h3-8H,2H2,1H3,(H,15,16,18). The zero-order valence-corrected chi connectivity index (χ0v) is 11.6. The third kappa shape index (κ3) is 2.35. The largest absolute Gasteiger partial charge is 0.450 e. The monoisotopic (exact) mass is 288 g/mol. The van der Waals surface area contributed by atoms with Crippen LogP contribution >= 0.6 is 11.3 Å². The topological polar surface area (TPSA) is 68.5 Å².